The SMILES string of the molecule is CS(=O)(=O)O.Cc1nc(Nc2ncc(F)c(-c3cc(F)c4nc(C)n(CC5CC5)c4c3)n2)ccc1N1CCN(C(C)C)CC1. The highest BCUT2D eigenvalue weighted by atomic mass is 32.2. The van der Waals surface area contributed by atoms with Crippen molar-refractivity contribution in [3.05, 3.63) is 53.6 Å². The molecule has 2 aliphatic rings. The molecule has 0 atom stereocenters. The molecule has 14 heteroatoms. The molecule has 0 spiro atoms. The highest BCUT2D eigenvalue weighted by Crippen LogP contribution is 2.34. The summed E-state index contributed by atoms with van der Waals surface area (Å²) >= 11 is 0. The minimum absolute atomic E-state index is 0.0292. The van der Waals surface area contributed by atoms with E-state index in [0.717, 1.165) is 56.1 Å². The van der Waals surface area contributed by atoms with Crippen LogP contribution in [-0.4, -0.2) is 80.9 Å². The molecule has 6 rings (SSSR count). The molecule has 0 bridgehead atoms. The number of benzene rings is 1. The van der Waals surface area contributed by atoms with Crippen LogP contribution in [0, 0.1) is 31.4 Å². The van der Waals surface area contributed by atoms with E-state index in [4.69, 9.17) is 9.54 Å². The second kappa shape index (κ2) is 12.7. The van der Waals surface area contributed by atoms with Crippen molar-refractivity contribution in [1.82, 2.24) is 29.4 Å². The number of aryl methyl sites for hydroxylation is 2. The fraction of sp³-hybridized carbons (Fsp3) is 0.467. The molecule has 11 nitrogen and oxygen atoms in total. The molecule has 4 aromatic rings. The van der Waals surface area contributed by atoms with Gasteiger partial charge in [0, 0.05) is 44.3 Å². The van der Waals surface area contributed by atoms with Crippen LogP contribution < -0.4 is 10.2 Å². The van der Waals surface area contributed by atoms with Crippen molar-refractivity contribution in [3.63, 3.8) is 0 Å². The Morgan fingerprint density at radius 3 is 2.32 bits per heavy atom. The van der Waals surface area contributed by atoms with Crippen molar-refractivity contribution in [1.29, 1.82) is 0 Å². The summed E-state index contributed by atoms with van der Waals surface area (Å²) in [6, 6.07) is 7.54. The number of rotatable bonds is 7. The lowest BCUT2D eigenvalue weighted by Gasteiger charge is -2.38. The van der Waals surface area contributed by atoms with Crippen LogP contribution in [0.1, 0.15) is 38.2 Å². The number of piperazine rings is 1. The van der Waals surface area contributed by atoms with Crippen molar-refractivity contribution in [2.24, 2.45) is 5.92 Å². The predicted octanol–water partition coefficient (Wildman–Crippen LogP) is 4.97. The van der Waals surface area contributed by atoms with Crippen LogP contribution in [0.15, 0.2) is 30.5 Å². The number of fused-ring (bicyclic) bond motifs is 1. The van der Waals surface area contributed by atoms with Crippen LogP contribution >= 0.6 is 0 Å². The molecule has 2 N–H and O–H groups in total. The summed E-state index contributed by atoms with van der Waals surface area (Å²) in [6.45, 7) is 13.1. The molecule has 4 heterocycles. The van der Waals surface area contributed by atoms with Gasteiger partial charge in [-0.2, -0.15) is 8.42 Å². The Balaban J connectivity index is 0.000000712. The van der Waals surface area contributed by atoms with Gasteiger partial charge >= 0.3 is 0 Å². The van der Waals surface area contributed by atoms with Crippen LogP contribution in [-0.2, 0) is 16.7 Å². The van der Waals surface area contributed by atoms with E-state index in [1.807, 2.05) is 30.5 Å². The number of anilines is 3. The van der Waals surface area contributed by atoms with Gasteiger partial charge in [-0.1, -0.05) is 0 Å². The van der Waals surface area contributed by atoms with Crippen LogP contribution in [0.4, 0.5) is 26.2 Å². The predicted molar refractivity (Wildman–Crippen MR) is 167 cm³/mol. The quantitative estimate of drug-likeness (QED) is 0.271. The van der Waals surface area contributed by atoms with E-state index >= 15 is 4.39 Å². The summed E-state index contributed by atoms with van der Waals surface area (Å²) in [4.78, 5) is 22.5. The lowest BCUT2D eigenvalue weighted by Crippen LogP contribution is -2.49. The zero-order valence-electron chi connectivity index (χ0n) is 25.5. The molecular weight excluding hydrogens is 590 g/mol. The van der Waals surface area contributed by atoms with Gasteiger partial charge in [0.2, 0.25) is 5.95 Å². The number of halogens is 2. The third-order valence-corrected chi connectivity index (χ3v) is 7.84. The zero-order chi connectivity index (χ0) is 31.8. The van der Waals surface area contributed by atoms with E-state index in [0.29, 0.717) is 40.6 Å². The molecule has 2 fully saturated rings. The molecule has 0 unspecified atom stereocenters. The van der Waals surface area contributed by atoms with Crippen molar-refractivity contribution >= 4 is 38.6 Å². The summed E-state index contributed by atoms with van der Waals surface area (Å²) in [7, 11) is -3.67. The summed E-state index contributed by atoms with van der Waals surface area (Å²) < 4.78 is 57.9. The maximum absolute atomic E-state index is 15.1. The number of aromatic nitrogens is 5. The molecule has 1 aromatic carbocycles. The number of nitrogens with zero attached hydrogens (tertiary/aromatic N) is 7. The van der Waals surface area contributed by atoms with Gasteiger partial charge in [-0.3, -0.25) is 9.45 Å². The molecule has 1 aliphatic carbocycles. The lowest BCUT2D eigenvalue weighted by molar-refractivity contribution is 0.209. The highest BCUT2D eigenvalue weighted by Gasteiger charge is 2.25. The Morgan fingerprint density at radius 2 is 1.70 bits per heavy atom. The van der Waals surface area contributed by atoms with Gasteiger partial charge in [-0.05, 0) is 70.7 Å². The molecule has 44 heavy (non-hydrogen) atoms. The molecule has 0 radical (unpaired) electrons. The van der Waals surface area contributed by atoms with Crippen molar-refractivity contribution < 1.29 is 21.8 Å². The van der Waals surface area contributed by atoms with Gasteiger partial charge in [0.15, 0.2) is 11.6 Å². The van der Waals surface area contributed by atoms with Gasteiger partial charge in [-0.15, -0.1) is 0 Å². The Bertz CT molecular complexity index is 1760. The van der Waals surface area contributed by atoms with E-state index in [1.54, 1.807) is 6.07 Å². The highest BCUT2D eigenvalue weighted by molar-refractivity contribution is 7.85. The first kappa shape index (κ1) is 31.7. The molecule has 236 valence electrons. The monoisotopic (exact) mass is 628 g/mol. The van der Waals surface area contributed by atoms with Crippen molar-refractivity contribution in [2.75, 3.05) is 42.7 Å². The fourth-order valence-corrected chi connectivity index (χ4v) is 5.40. The zero-order valence-corrected chi connectivity index (χ0v) is 26.4. The van der Waals surface area contributed by atoms with E-state index in [1.165, 1.54) is 18.9 Å². The van der Waals surface area contributed by atoms with Gasteiger partial charge in [0.25, 0.3) is 10.1 Å². The van der Waals surface area contributed by atoms with Gasteiger partial charge in [-0.25, -0.2) is 28.7 Å². The topological polar surface area (TPSA) is 129 Å². The first-order valence-corrected chi connectivity index (χ1v) is 16.5. The molecular formula is C30H38F2N8O3S. The van der Waals surface area contributed by atoms with E-state index < -0.39 is 21.8 Å². The molecule has 0 amide bonds. The van der Waals surface area contributed by atoms with E-state index in [-0.39, 0.29) is 11.6 Å². The van der Waals surface area contributed by atoms with Crippen molar-refractivity contribution in [3.8, 4) is 11.3 Å². The van der Waals surface area contributed by atoms with Gasteiger partial charge in [0.1, 0.15) is 22.9 Å². The molecule has 1 saturated carbocycles. The summed E-state index contributed by atoms with van der Waals surface area (Å²) in [6.07, 6.45) is 4.15. The lowest BCUT2D eigenvalue weighted by atomic mass is 10.1. The average molecular weight is 629 g/mol. The molecule has 1 aliphatic heterocycles. The first-order valence-electron chi connectivity index (χ1n) is 14.6. The Morgan fingerprint density at radius 1 is 1.02 bits per heavy atom. The fourth-order valence-electron chi connectivity index (χ4n) is 5.40. The summed E-state index contributed by atoms with van der Waals surface area (Å²) in [5, 5.41) is 3.10. The minimum Gasteiger partial charge on any atom is -0.368 e. The first-order chi connectivity index (χ1) is 20.8. The Kier molecular flexibility index (Phi) is 9.14. The van der Waals surface area contributed by atoms with Crippen LogP contribution in [0.25, 0.3) is 22.3 Å². The maximum atomic E-state index is 15.1. The normalized spacial score (nSPS) is 15.9. The number of hydrogen-bond acceptors (Lipinski definition) is 9. The summed E-state index contributed by atoms with van der Waals surface area (Å²) in [5.41, 5.74) is 3.33. The van der Waals surface area contributed by atoms with Gasteiger partial charge in [0.05, 0.1) is 29.4 Å². The standard InChI is InChI=1S/C29H34F2N8.CH4O3S/c1-17(2)37-9-11-38(12-10-37)24-7-8-26(33-18(24)3)35-29-32-15-23(31)27(36-29)21-13-22(30)28-25(14-21)39(19(4)34-28)16-20-5-6-20;1-5(2,3)4/h7-8,13-15,17,20H,5-6,9-12,16H2,1-4H3,(H,32,33,35,36);1H3,(H,2,3,4). The Hall–Kier alpha value is -3.75. The third-order valence-electron chi connectivity index (χ3n) is 7.84. The van der Waals surface area contributed by atoms with Crippen LogP contribution in [0.2, 0.25) is 0 Å². The average Bonchev–Trinajstić information content (AvgIpc) is 3.71. The minimum atomic E-state index is -3.67. The maximum Gasteiger partial charge on any atom is 0.261 e. The van der Waals surface area contributed by atoms with Crippen molar-refractivity contribution in [2.45, 2.75) is 53.1 Å². The molecule has 1 saturated heterocycles. The van der Waals surface area contributed by atoms with Gasteiger partial charge < -0.3 is 14.8 Å². The van der Waals surface area contributed by atoms with E-state index in [2.05, 4.69) is 43.9 Å². The Labute approximate surface area is 256 Å². The van der Waals surface area contributed by atoms with Crippen LogP contribution in [0.5, 0.6) is 0 Å². The number of hydrogen-bond donors (Lipinski definition) is 2. The number of nitrogens with one attached hydrogen (secondary N) is 1. The van der Waals surface area contributed by atoms with Crippen LogP contribution in [0.3, 0.4) is 0 Å². The summed E-state index contributed by atoms with van der Waals surface area (Å²) in [5.74, 6) is 0.991. The molecule has 3 aromatic heterocycles. The second-order valence-corrected chi connectivity index (χ2v) is 13.2. The largest absolute Gasteiger partial charge is 0.368 e. The number of pyridine rings is 1. The number of imidazole rings is 1. The third kappa shape index (κ3) is 7.66. The van der Waals surface area contributed by atoms with E-state index in [9.17, 15) is 12.8 Å². The smallest absolute Gasteiger partial charge is 0.261 e. The second-order valence-electron chi connectivity index (χ2n) is 11.7.